The summed E-state index contributed by atoms with van der Waals surface area (Å²) in [5.41, 5.74) is 11.9. The molecule has 7 aromatic carbocycles. The Balaban J connectivity index is 1.09. The average Bonchev–Trinajstić information content (AvgIpc) is 3.86. The maximum Gasteiger partial charge on any atom is 0.0725 e. The lowest BCUT2D eigenvalue weighted by molar-refractivity contribution is 1.18. The molecular formula is C47H29N3S. The summed E-state index contributed by atoms with van der Waals surface area (Å²) in [4.78, 5) is 4.59. The number of hydrogen-bond acceptors (Lipinski definition) is 2. The molecule has 0 unspecified atom stereocenters. The number of fused-ring (bicyclic) bond motifs is 9. The van der Waals surface area contributed by atoms with Crippen LogP contribution in [-0.2, 0) is 0 Å². The molecule has 0 N–H and O–H groups in total. The van der Waals surface area contributed by atoms with E-state index >= 15 is 0 Å². The molecule has 0 amide bonds. The highest BCUT2D eigenvalue weighted by Crippen LogP contribution is 2.42. The SMILES string of the molecule is c1ccc(-c2cccc(-n3c4ccccc4c4cc(-c5ccc6c(c5)c5ccncc5n6-c5cccc6c5sc5ccccc56)ccc43)c2)cc1. The lowest BCUT2D eigenvalue weighted by Gasteiger charge is -2.11. The van der Waals surface area contributed by atoms with Gasteiger partial charge in [0, 0.05) is 48.9 Å². The molecule has 4 aromatic heterocycles. The first-order valence-corrected chi connectivity index (χ1v) is 18.1. The van der Waals surface area contributed by atoms with E-state index in [0.29, 0.717) is 0 Å². The fourth-order valence-corrected chi connectivity index (χ4v) is 9.31. The van der Waals surface area contributed by atoms with Gasteiger partial charge in [0.05, 0.1) is 38.7 Å². The van der Waals surface area contributed by atoms with Crippen LogP contribution in [0.4, 0.5) is 0 Å². The van der Waals surface area contributed by atoms with Crippen LogP contribution >= 0.6 is 11.3 Å². The van der Waals surface area contributed by atoms with E-state index in [9.17, 15) is 0 Å². The molecule has 0 aliphatic heterocycles. The maximum absolute atomic E-state index is 4.59. The van der Waals surface area contributed by atoms with E-state index in [-0.39, 0.29) is 0 Å². The van der Waals surface area contributed by atoms with Crippen molar-refractivity contribution >= 4 is 75.1 Å². The summed E-state index contributed by atoms with van der Waals surface area (Å²) in [5.74, 6) is 0. The molecule has 0 fully saturated rings. The van der Waals surface area contributed by atoms with Gasteiger partial charge in [0.25, 0.3) is 0 Å². The predicted octanol–water partition coefficient (Wildman–Crippen LogP) is 13.0. The van der Waals surface area contributed by atoms with Crippen molar-refractivity contribution in [1.29, 1.82) is 0 Å². The summed E-state index contributed by atoms with van der Waals surface area (Å²) in [5, 5.41) is 7.53. The molecule has 51 heavy (non-hydrogen) atoms. The van der Waals surface area contributed by atoms with Gasteiger partial charge in [-0.25, -0.2) is 0 Å². The summed E-state index contributed by atoms with van der Waals surface area (Å²) in [7, 11) is 0. The van der Waals surface area contributed by atoms with Crippen LogP contribution in [0.3, 0.4) is 0 Å². The van der Waals surface area contributed by atoms with Gasteiger partial charge >= 0.3 is 0 Å². The summed E-state index contributed by atoms with van der Waals surface area (Å²) in [6.45, 7) is 0. The van der Waals surface area contributed by atoms with Crippen molar-refractivity contribution < 1.29 is 0 Å². The topological polar surface area (TPSA) is 22.8 Å². The third-order valence-electron chi connectivity index (χ3n) is 10.4. The summed E-state index contributed by atoms with van der Waals surface area (Å²) in [6, 6.07) is 59.6. The van der Waals surface area contributed by atoms with Gasteiger partial charge in [0.2, 0.25) is 0 Å². The minimum atomic E-state index is 1.12. The van der Waals surface area contributed by atoms with Crippen LogP contribution in [0.1, 0.15) is 0 Å². The largest absolute Gasteiger partial charge is 0.309 e. The summed E-state index contributed by atoms with van der Waals surface area (Å²) >= 11 is 1.86. The van der Waals surface area contributed by atoms with Crippen molar-refractivity contribution in [1.82, 2.24) is 14.1 Å². The molecule has 0 saturated heterocycles. The Kier molecular flexibility index (Phi) is 6.12. The van der Waals surface area contributed by atoms with E-state index in [1.165, 1.54) is 86.2 Å². The highest BCUT2D eigenvalue weighted by molar-refractivity contribution is 7.26. The van der Waals surface area contributed by atoms with E-state index in [0.717, 1.165) is 11.2 Å². The van der Waals surface area contributed by atoms with Crippen LogP contribution < -0.4 is 0 Å². The molecule has 4 heterocycles. The molecule has 0 aliphatic rings. The number of thiophene rings is 1. The number of para-hydroxylation sites is 1. The molecule has 0 saturated carbocycles. The lowest BCUT2D eigenvalue weighted by atomic mass is 10.0. The number of nitrogens with zero attached hydrogens (tertiary/aromatic N) is 3. The number of benzene rings is 7. The van der Waals surface area contributed by atoms with Gasteiger partial charge in [-0.05, 0) is 82.9 Å². The normalized spacial score (nSPS) is 11.9. The van der Waals surface area contributed by atoms with Crippen molar-refractivity contribution in [2.45, 2.75) is 0 Å². The number of pyridine rings is 1. The first-order valence-electron chi connectivity index (χ1n) is 17.3. The van der Waals surface area contributed by atoms with E-state index in [2.05, 4.69) is 178 Å². The zero-order chi connectivity index (χ0) is 33.5. The lowest BCUT2D eigenvalue weighted by Crippen LogP contribution is -1.94. The zero-order valence-corrected chi connectivity index (χ0v) is 28.3. The van der Waals surface area contributed by atoms with Crippen molar-refractivity contribution in [2.75, 3.05) is 0 Å². The van der Waals surface area contributed by atoms with Crippen LogP contribution in [0.2, 0.25) is 0 Å². The first kappa shape index (κ1) is 28.4. The van der Waals surface area contributed by atoms with Gasteiger partial charge < -0.3 is 9.13 Å². The minimum absolute atomic E-state index is 1.12. The summed E-state index contributed by atoms with van der Waals surface area (Å²) in [6.07, 6.45) is 3.92. The van der Waals surface area contributed by atoms with Crippen LogP contribution in [0, 0.1) is 0 Å². The Bertz CT molecular complexity index is 3140. The van der Waals surface area contributed by atoms with Gasteiger partial charge in [0.1, 0.15) is 0 Å². The van der Waals surface area contributed by atoms with Crippen LogP contribution in [0.15, 0.2) is 176 Å². The Labute approximate surface area is 297 Å². The minimum Gasteiger partial charge on any atom is -0.309 e. The van der Waals surface area contributed by atoms with Crippen LogP contribution in [0.5, 0.6) is 0 Å². The van der Waals surface area contributed by atoms with Crippen LogP contribution in [0.25, 0.3) is 97.4 Å². The van der Waals surface area contributed by atoms with Gasteiger partial charge in [-0.15, -0.1) is 11.3 Å². The van der Waals surface area contributed by atoms with E-state index in [1.54, 1.807) is 0 Å². The molecule has 4 heteroatoms. The third kappa shape index (κ3) is 4.27. The average molecular weight is 668 g/mol. The molecular weight excluding hydrogens is 639 g/mol. The highest BCUT2D eigenvalue weighted by Gasteiger charge is 2.18. The molecule has 0 aliphatic carbocycles. The van der Waals surface area contributed by atoms with E-state index < -0.39 is 0 Å². The molecule has 0 atom stereocenters. The van der Waals surface area contributed by atoms with Crippen molar-refractivity contribution in [3.05, 3.63) is 176 Å². The maximum atomic E-state index is 4.59. The monoisotopic (exact) mass is 667 g/mol. The molecule has 11 aromatic rings. The predicted molar refractivity (Wildman–Crippen MR) is 217 cm³/mol. The molecule has 238 valence electrons. The number of hydrogen-bond donors (Lipinski definition) is 0. The second kappa shape index (κ2) is 11.0. The van der Waals surface area contributed by atoms with Crippen molar-refractivity contribution in [3.8, 4) is 33.6 Å². The summed E-state index contributed by atoms with van der Waals surface area (Å²) < 4.78 is 7.40. The molecule has 3 nitrogen and oxygen atoms in total. The Hall–Kier alpha value is -6.49. The molecule has 0 bridgehead atoms. The van der Waals surface area contributed by atoms with Crippen molar-refractivity contribution in [3.63, 3.8) is 0 Å². The van der Waals surface area contributed by atoms with Gasteiger partial charge in [-0.3, -0.25) is 4.98 Å². The second-order valence-corrected chi connectivity index (χ2v) is 14.3. The van der Waals surface area contributed by atoms with Gasteiger partial charge in [-0.2, -0.15) is 0 Å². The fourth-order valence-electron chi connectivity index (χ4n) is 8.10. The zero-order valence-electron chi connectivity index (χ0n) is 27.5. The van der Waals surface area contributed by atoms with E-state index in [1.807, 2.05) is 23.7 Å². The highest BCUT2D eigenvalue weighted by atomic mass is 32.1. The van der Waals surface area contributed by atoms with Crippen molar-refractivity contribution in [2.24, 2.45) is 0 Å². The Morgan fingerprint density at radius 1 is 0.392 bits per heavy atom. The van der Waals surface area contributed by atoms with Crippen LogP contribution in [-0.4, -0.2) is 14.1 Å². The third-order valence-corrected chi connectivity index (χ3v) is 11.6. The molecule has 0 spiro atoms. The Morgan fingerprint density at radius 3 is 1.86 bits per heavy atom. The molecule has 0 radical (unpaired) electrons. The smallest absolute Gasteiger partial charge is 0.0725 e. The standard InChI is InChI=1S/C47H29N3S/c1-2-10-30(11-3-1)31-12-8-13-34(26-31)49-41-17-6-4-14-35(41)39-27-32(20-22-42(39)49)33-21-23-43-40(28-33)36-24-25-48-29-45(36)50(43)44-18-9-16-38-37-15-5-7-19-46(37)51-47(38)44/h1-29H. The number of aromatic nitrogens is 3. The molecule has 11 rings (SSSR count). The quantitative estimate of drug-likeness (QED) is 0.183. The Morgan fingerprint density at radius 2 is 1.02 bits per heavy atom. The van der Waals surface area contributed by atoms with Gasteiger partial charge in [-0.1, -0.05) is 103 Å². The first-order chi connectivity index (χ1) is 25.3. The number of rotatable bonds is 4. The fraction of sp³-hybridized carbons (Fsp3) is 0. The van der Waals surface area contributed by atoms with Gasteiger partial charge in [0.15, 0.2) is 0 Å². The van der Waals surface area contributed by atoms with E-state index in [4.69, 9.17) is 0 Å². The second-order valence-electron chi connectivity index (χ2n) is 13.2.